The Morgan fingerprint density at radius 3 is 2.31 bits per heavy atom. The lowest BCUT2D eigenvalue weighted by Crippen LogP contribution is -2.31. The zero-order chi connectivity index (χ0) is 39.3. The average Bonchev–Trinajstić information content (AvgIpc) is 3.83. The second-order valence-electron chi connectivity index (χ2n) is 17.3. The second-order valence-corrected chi connectivity index (χ2v) is 22.0. The minimum atomic E-state index is -1.24. The number of thiol groups is 1. The zero-order valence-corrected chi connectivity index (χ0v) is 36.6. The number of nitrogens with one attached hydrogen (secondary N) is 1. The normalized spacial score (nSPS) is 25.8. The Balaban J connectivity index is 0.000000422. The van der Waals surface area contributed by atoms with Crippen molar-refractivity contribution in [1.29, 1.82) is 0 Å². The molecule has 0 bridgehead atoms. The van der Waals surface area contributed by atoms with Crippen LogP contribution in [0.25, 0.3) is 11.8 Å². The molecule has 6 heteroatoms. The maximum atomic E-state index is 5.96. The van der Waals surface area contributed by atoms with E-state index in [9.17, 15) is 0 Å². The predicted octanol–water partition coefficient (Wildman–Crippen LogP) is 12.3. The van der Waals surface area contributed by atoms with Crippen molar-refractivity contribution in [1.82, 2.24) is 10.3 Å². The van der Waals surface area contributed by atoms with Crippen molar-refractivity contribution < 1.29 is 0 Å². The molecule has 5 N–H and O–H groups in total. The van der Waals surface area contributed by atoms with Crippen LogP contribution in [0.2, 0.25) is 0 Å². The van der Waals surface area contributed by atoms with Gasteiger partial charge in [-0.1, -0.05) is 102 Å². The summed E-state index contributed by atoms with van der Waals surface area (Å²) in [5, 5.41) is 5.42. The van der Waals surface area contributed by atoms with Crippen LogP contribution in [0.5, 0.6) is 0 Å². The Morgan fingerprint density at radius 2 is 1.70 bits per heavy atom. The van der Waals surface area contributed by atoms with E-state index in [0.717, 1.165) is 47.5 Å². The van der Waals surface area contributed by atoms with Crippen LogP contribution >= 0.6 is 19.9 Å². The second kappa shape index (κ2) is 21.2. The van der Waals surface area contributed by atoms with E-state index in [1.54, 1.807) is 5.01 Å². The largest absolute Gasteiger partial charge is 0.401 e. The SMILES string of the molecule is C=Cc1c(C)cc(C(=C)NCC(C)[P+]2(C=C)C3CC(C)(CCCCCCc4ccccc4)CC(CCS)C32)cc1C.CCN(N)/C=C(\N)C1CCCCC1. The molecule has 3 fully saturated rings. The lowest BCUT2D eigenvalue weighted by Gasteiger charge is -2.35. The molecular formula is C48H76N4PS+. The number of fused-ring (bicyclic) bond motifs is 1. The molecule has 0 radical (unpaired) electrons. The fraction of sp³-hybridized carbons (Fsp3) is 0.583. The number of nitrogens with zero attached hydrogens (tertiary/aromatic N) is 1. The summed E-state index contributed by atoms with van der Waals surface area (Å²) >= 11 is 4.72. The summed E-state index contributed by atoms with van der Waals surface area (Å²) in [5.74, 6) is 10.5. The highest BCUT2D eigenvalue weighted by Crippen LogP contribution is 2.92. The van der Waals surface area contributed by atoms with E-state index in [-0.39, 0.29) is 0 Å². The summed E-state index contributed by atoms with van der Waals surface area (Å²) in [4.78, 5) is 0. The molecular weight excluding hydrogens is 696 g/mol. The number of aryl methyl sites for hydroxylation is 3. The van der Waals surface area contributed by atoms with Crippen molar-refractivity contribution in [2.24, 2.45) is 28.8 Å². The van der Waals surface area contributed by atoms with Gasteiger partial charge in [0.2, 0.25) is 0 Å². The van der Waals surface area contributed by atoms with Crippen LogP contribution in [0.4, 0.5) is 0 Å². The van der Waals surface area contributed by atoms with Gasteiger partial charge in [-0.05, 0) is 136 Å². The van der Waals surface area contributed by atoms with Gasteiger partial charge < -0.3 is 16.1 Å². The number of rotatable bonds is 19. The molecule has 1 heterocycles. The third kappa shape index (κ3) is 11.5. The van der Waals surface area contributed by atoms with Gasteiger partial charge >= 0.3 is 0 Å². The van der Waals surface area contributed by atoms with Gasteiger partial charge in [0.05, 0.1) is 25.3 Å². The maximum absolute atomic E-state index is 5.96. The number of allylic oxidation sites excluding steroid dienone is 1. The molecule has 5 rings (SSSR count). The van der Waals surface area contributed by atoms with Gasteiger partial charge in [0.25, 0.3) is 0 Å². The fourth-order valence-corrected chi connectivity index (χ4v) is 16.5. The molecule has 54 heavy (non-hydrogen) atoms. The lowest BCUT2D eigenvalue weighted by molar-refractivity contribution is 0.164. The standard InChI is InChI=1S/C38H54NPS.C10H21N3/c1-8-35-28(3)23-34(24-29(35)4)31(6)39-27-30(5)40(9-2)36-26-38(7,25-33(20-22-41)37(36)40)21-16-11-10-13-17-32-18-14-12-15-19-32;1-2-13(12)8-10(11)9-6-4-3-5-7-9/h8-9,12,14-15,18-19,23-24,30,33,36-37,39H,1-2,6,10-11,13,16-17,20-22,25-27H2,3-5,7H3;8-9H,2-7,11-12H2,1H3/p+1/b;10-8-. The van der Waals surface area contributed by atoms with Gasteiger partial charge in [-0.15, -0.1) is 0 Å². The average molecular weight is 772 g/mol. The number of benzene rings is 2. The van der Waals surface area contributed by atoms with Crippen molar-refractivity contribution in [3.8, 4) is 0 Å². The summed E-state index contributed by atoms with van der Waals surface area (Å²) in [6.45, 7) is 26.2. The van der Waals surface area contributed by atoms with Crippen molar-refractivity contribution >= 4 is 31.7 Å². The first-order chi connectivity index (χ1) is 25.9. The molecule has 3 aliphatic rings. The number of hydrogen-bond acceptors (Lipinski definition) is 5. The van der Waals surface area contributed by atoms with Gasteiger partial charge in [-0.3, -0.25) is 0 Å². The Kier molecular flexibility index (Phi) is 17.4. The molecule has 1 aliphatic heterocycles. The first-order valence-corrected chi connectivity index (χ1v) is 23.9. The summed E-state index contributed by atoms with van der Waals surface area (Å²) in [5.41, 5.74) is 17.2. The minimum Gasteiger partial charge on any atom is -0.401 e. The molecule has 6 atom stereocenters. The van der Waals surface area contributed by atoms with E-state index >= 15 is 0 Å². The van der Waals surface area contributed by atoms with Gasteiger partial charge in [0, 0.05) is 30.1 Å². The Hall–Kier alpha value is -2.46. The zero-order valence-electron chi connectivity index (χ0n) is 34.8. The molecule has 2 saturated carbocycles. The number of unbranched alkanes of at least 4 members (excludes halogenated alkanes) is 3. The molecule has 2 aromatic rings. The maximum Gasteiger partial charge on any atom is 0.114 e. The van der Waals surface area contributed by atoms with Crippen LogP contribution < -0.4 is 16.9 Å². The molecule has 2 aliphatic carbocycles. The summed E-state index contributed by atoms with van der Waals surface area (Å²) in [6.07, 6.45) is 22.4. The van der Waals surface area contributed by atoms with Gasteiger partial charge in [-0.2, -0.15) is 12.6 Å². The fourth-order valence-electron chi connectivity index (χ4n) is 10.2. The molecule has 1 saturated heterocycles. The first kappa shape index (κ1) is 44.3. The number of hydrazine groups is 1. The van der Waals surface area contributed by atoms with Crippen LogP contribution in [0.15, 0.2) is 79.9 Å². The van der Waals surface area contributed by atoms with Crippen molar-refractivity contribution in [3.05, 3.63) is 108 Å². The summed E-state index contributed by atoms with van der Waals surface area (Å²) < 4.78 is 0. The summed E-state index contributed by atoms with van der Waals surface area (Å²) in [7, 11) is -1.24. The van der Waals surface area contributed by atoms with Crippen LogP contribution in [-0.4, -0.2) is 40.8 Å². The van der Waals surface area contributed by atoms with Crippen LogP contribution in [-0.2, 0) is 6.42 Å². The highest BCUT2D eigenvalue weighted by molar-refractivity contribution is 7.87. The molecule has 0 spiro atoms. The Bertz CT molecular complexity index is 1510. The van der Waals surface area contributed by atoms with Crippen molar-refractivity contribution in [3.63, 3.8) is 0 Å². The smallest absolute Gasteiger partial charge is 0.114 e. The predicted molar refractivity (Wildman–Crippen MR) is 245 cm³/mol. The third-order valence-corrected chi connectivity index (χ3v) is 19.0. The quantitative estimate of drug-likeness (QED) is 0.0377. The molecule has 298 valence electrons. The van der Waals surface area contributed by atoms with E-state index in [0.29, 0.717) is 17.0 Å². The molecule has 6 unspecified atom stereocenters. The topological polar surface area (TPSA) is 67.3 Å². The lowest BCUT2D eigenvalue weighted by atomic mass is 9.68. The van der Waals surface area contributed by atoms with E-state index in [4.69, 9.17) is 24.2 Å². The highest BCUT2D eigenvalue weighted by atomic mass is 32.1. The number of hydrogen-bond donors (Lipinski definition) is 4. The molecule has 2 aromatic carbocycles. The molecule has 4 nitrogen and oxygen atoms in total. The van der Waals surface area contributed by atoms with E-state index < -0.39 is 7.26 Å². The van der Waals surface area contributed by atoms with Crippen LogP contribution in [0, 0.1) is 31.1 Å². The third-order valence-electron chi connectivity index (χ3n) is 13.3. The van der Waals surface area contributed by atoms with Gasteiger partial charge in [0.1, 0.15) is 11.3 Å². The molecule has 0 aromatic heterocycles. The molecule has 0 amide bonds. The Labute approximate surface area is 337 Å². The summed E-state index contributed by atoms with van der Waals surface area (Å²) in [6, 6.07) is 15.5. The van der Waals surface area contributed by atoms with Gasteiger partial charge in [0.15, 0.2) is 0 Å². The van der Waals surface area contributed by atoms with Crippen LogP contribution in [0.3, 0.4) is 0 Å². The van der Waals surface area contributed by atoms with Crippen molar-refractivity contribution in [2.45, 2.75) is 141 Å². The Morgan fingerprint density at radius 1 is 1.04 bits per heavy atom. The monoisotopic (exact) mass is 772 g/mol. The van der Waals surface area contributed by atoms with E-state index in [1.807, 2.05) is 19.2 Å². The van der Waals surface area contributed by atoms with Crippen molar-refractivity contribution in [2.75, 3.05) is 18.8 Å². The highest BCUT2D eigenvalue weighted by Gasteiger charge is 2.78. The van der Waals surface area contributed by atoms with Crippen LogP contribution in [0.1, 0.15) is 132 Å². The van der Waals surface area contributed by atoms with Gasteiger partial charge in [-0.25, -0.2) is 5.84 Å². The minimum absolute atomic E-state index is 0.470. The van der Waals surface area contributed by atoms with E-state index in [1.165, 1.54) is 118 Å². The number of nitrogens with two attached hydrogens (primary N) is 2. The first-order valence-electron chi connectivity index (χ1n) is 21.2. The van der Waals surface area contributed by atoms with E-state index in [2.05, 4.69) is 101 Å².